The molecule has 0 N–H and O–H groups in total. The fourth-order valence-corrected chi connectivity index (χ4v) is 1.65. The Morgan fingerprint density at radius 1 is 1.19 bits per heavy atom. The van der Waals surface area contributed by atoms with E-state index < -0.39 is 0 Å². The van der Waals surface area contributed by atoms with E-state index in [0.29, 0.717) is 11.5 Å². The van der Waals surface area contributed by atoms with Crippen LogP contribution in [0.1, 0.15) is 0 Å². The summed E-state index contributed by atoms with van der Waals surface area (Å²) in [6.07, 6.45) is 1.69. The van der Waals surface area contributed by atoms with Gasteiger partial charge in [0.1, 0.15) is 11.6 Å². The van der Waals surface area contributed by atoms with Gasteiger partial charge in [0.05, 0.1) is 5.69 Å². The molecule has 0 radical (unpaired) electrons. The van der Waals surface area contributed by atoms with Crippen molar-refractivity contribution >= 4 is 27.4 Å². The van der Waals surface area contributed by atoms with Crippen molar-refractivity contribution in [3.8, 4) is 0 Å². The fourth-order valence-electron chi connectivity index (χ4n) is 1.41. The molecule has 0 aliphatic rings. The van der Waals surface area contributed by atoms with E-state index in [4.69, 9.17) is 0 Å². The Balaban J connectivity index is 2.35. The lowest BCUT2D eigenvalue weighted by atomic mass is 10.3. The molecule has 82 valence electrons. The first-order valence-electron chi connectivity index (χ1n) is 4.78. The Labute approximate surface area is 102 Å². The van der Waals surface area contributed by atoms with Gasteiger partial charge in [0, 0.05) is 17.7 Å². The summed E-state index contributed by atoms with van der Waals surface area (Å²) in [5.41, 5.74) is 0.511. The third kappa shape index (κ3) is 2.22. The van der Waals surface area contributed by atoms with Crippen molar-refractivity contribution in [2.45, 2.75) is 0 Å². The first kappa shape index (κ1) is 11.1. The minimum Gasteiger partial charge on any atom is -0.327 e. The summed E-state index contributed by atoms with van der Waals surface area (Å²) in [6, 6.07) is 10.3. The molecule has 2 nitrogen and oxygen atoms in total. The van der Waals surface area contributed by atoms with Crippen LogP contribution in [0.25, 0.3) is 0 Å². The molecule has 0 unspecified atom stereocenters. The van der Waals surface area contributed by atoms with Crippen molar-refractivity contribution in [2.24, 2.45) is 0 Å². The van der Waals surface area contributed by atoms with E-state index in [-0.39, 0.29) is 5.82 Å². The molecular weight excluding hydrogens is 271 g/mol. The van der Waals surface area contributed by atoms with Crippen LogP contribution in [-0.4, -0.2) is 12.0 Å². The molecule has 1 aromatic heterocycles. The van der Waals surface area contributed by atoms with Crippen LogP contribution in [0.5, 0.6) is 0 Å². The van der Waals surface area contributed by atoms with E-state index >= 15 is 0 Å². The number of halogens is 2. The van der Waals surface area contributed by atoms with Crippen LogP contribution in [0.4, 0.5) is 15.9 Å². The lowest BCUT2D eigenvalue weighted by Crippen LogP contribution is -2.12. The third-order valence-electron chi connectivity index (χ3n) is 2.27. The molecule has 2 aromatic rings. The van der Waals surface area contributed by atoms with Gasteiger partial charge in [0.2, 0.25) is 0 Å². The first-order valence-corrected chi connectivity index (χ1v) is 5.57. The molecule has 0 amide bonds. The molecule has 16 heavy (non-hydrogen) atoms. The minimum atomic E-state index is -0.255. The molecule has 0 aliphatic heterocycles. The van der Waals surface area contributed by atoms with Crippen molar-refractivity contribution in [1.29, 1.82) is 0 Å². The van der Waals surface area contributed by atoms with E-state index in [9.17, 15) is 4.39 Å². The van der Waals surface area contributed by atoms with Crippen LogP contribution in [0, 0.1) is 5.82 Å². The maximum absolute atomic E-state index is 13.5. The van der Waals surface area contributed by atoms with Crippen molar-refractivity contribution in [3.63, 3.8) is 0 Å². The summed E-state index contributed by atoms with van der Waals surface area (Å²) in [7, 11) is 1.79. The minimum absolute atomic E-state index is 0.255. The molecule has 2 rings (SSSR count). The number of benzene rings is 1. The summed E-state index contributed by atoms with van der Waals surface area (Å²) in [6.45, 7) is 0. The van der Waals surface area contributed by atoms with Gasteiger partial charge in [-0.05, 0) is 40.2 Å². The summed E-state index contributed by atoms with van der Waals surface area (Å²) in [5, 5.41) is 0. The highest BCUT2D eigenvalue weighted by Gasteiger charge is 2.08. The van der Waals surface area contributed by atoms with Gasteiger partial charge in [-0.15, -0.1) is 0 Å². The van der Waals surface area contributed by atoms with Crippen LogP contribution < -0.4 is 4.90 Å². The van der Waals surface area contributed by atoms with Crippen LogP contribution in [0.3, 0.4) is 0 Å². The van der Waals surface area contributed by atoms with Gasteiger partial charge in [-0.3, -0.25) is 0 Å². The molecule has 1 aromatic carbocycles. The van der Waals surface area contributed by atoms with Gasteiger partial charge in [-0.1, -0.05) is 12.1 Å². The second kappa shape index (κ2) is 4.61. The number of hydrogen-bond donors (Lipinski definition) is 0. The number of aromatic nitrogens is 1. The molecular formula is C12H10BrFN2. The Hall–Kier alpha value is -1.42. The summed E-state index contributed by atoms with van der Waals surface area (Å²) >= 11 is 3.31. The normalized spacial score (nSPS) is 10.2. The highest BCUT2D eigenvalue weighted by Crippen LogP contribution is 2.24. The van der Waals surface area contributed by atoms with Gasteiger partial charge in [-0.25, -0.2) is 9.37 Å². The molecule has 0 saturated heterocycles. The highest BCUT2D eigenvalue weighted by molar-refractivity contribution is 9.10. The highest BCUT2D eigenvalue weighted by atomic mass is 79.9. The quantitative estimate of drug-likeness (QED) is 0.833. The average molecular weight is 281 g/mol. The van der Waals surface area contributed by atoms with Crippen molar-refractivity contribution < 1.29 is 4.39 Å². The maximum Gasteiger partial charge on any atom is 0.146 e. The molecule has 0 fully saturated rings. The SMILES string of the molecule is CN(c1ccc(Br)cn1)c1ccccc1F. The molecule has 0 saturated carbocycles. The second-order valence-corrected chi connectivity index (χ2v) is 4.26. The molecule has 0 aliphatic carbocycles. The van der Waals surface area contributed by atoms with E-state index in [1.165, 1.54) is 6.07 Å². The van der Waals surface area contributed by atoms with Crippen molar-refractivity contribution in [2.75, 3.05) is 11.9 Å². The second-order valence-electron chi connectivity index (χ2n) is 3.35. The predicted octanol–water partition coefficient (Wildman–Crippen LogP) is 3.75. The number of nitrogens with zero attached hydrogens (tertiary/aromatic N) is 2. The summed E-state index contributed by atoms with van der Waals surface area (Å²) < 4.78 is 14.4. The number of pyridine rings is 1. The zero-order valence-electron chi connectivity index (χ0n) is 8.69. The number of anilines is 2. The molecule has 4 heteroatoms. The van der Waals surface area contributed by atoms with Gasteiger partial charge in [0.25, 0.3) is 0 Å². The monoisotopic (exact) mass is 280 g/mol. The third-order valence-corrected chi connectivity index (χ3v) is 2.74. The first-order chi connectivity index (χ1) is 7.68. The molecule has 0 spiro atoms. The smallest absolute Gasteiger partial charge is 0.146 e. The molecule has 0 atom stereocenters. The zero-order valence-corrected chi connectivity index (χ0v) is 10.3. The van der Waals surface area contributed by atoms with E-state index in [0.717, 1.165) is 4.47 Å². The fraction of sp³-hybridized carbons (Fsp3) is 0.0833. The summed E-state index contributed by atoms with van der Waals surface area (Å²) in [4.78, 5) is 5.92. The van der Waals surface area contributed by atoms with Crippen LogP contribution in [-0.2, 0) is 0 Å². The topological polar surface area (TPSA) is 16.1 Å². The Kier molecular flexibility index (Phi) is 3.19. The average Bonchev–Trinajstić information content (AvgIpc) is 2.30. The van der Waals surface area contributed by atoms with Crippen molar-refractivity contribution in [1.82, 2.24) is 4.98 Å². The molecule has 0 bridgehead atoms. The Morgan fingerprint density at radius 3 is 2.56 bits per heavy atom. The van der Waals surface area contributed by atoms with Gasteiger partial charge >= 0.3 is 0 Å². The van der Waals surface area contributed by atoms with E-state index in [2.05, 4.69) is 20.9 Å². The number of para-hydroxylation sites is 1. The van der Waals surface area contributed by atoms with Crippen LogP contribution in [0.2, 0.25) is 0 Å². The van der Waals surface area contributed by atoms with Gasteiger partial charge in [-0.2, -0.15) is 0 Å². The van der Waals surface area contributed by atoms with Crippen LogP contribution >= 0.6 is 15.9 Å². The standard InChI is InChI=1S/C12H10BrFN2/c1-16(11-5-3-2-4-10(11)14)12-7-6-9(13)8-15-12/h2-8H,1H3. The summed E-state index contributed by atoms with van der Waals surface area (Å²) in [5.74, 6) is 0.447. The van der Waals surface area contributed by atoms with E-state index in [1.54, 1.807) is 36.3 Å². The van der Waals surface area contributed by atoms with Gasteiger partial charge in [0.15, 0.2) is 0 Å². The number of hydrogen-bond acceptors (Lipinski definition) is 2. The predicted molar refractivity (Wildman–Crippen MR) is 66.4 cm³/mol. The molecule has 1 heterocycles. The lowest BCUT2D eigenvalue weighted by molar-refractivity contribution is 0.627. The van der Waals surface area contributed by atoms with Crippen molar-refractivity contribution in [3.05, 3.63) is 52.9 Å². The Morgan fingerprint density at radius 2 is 1.94 bits per heavy atom. The zero-order chi connectivity index (χ0) is 11.5. The van der Waals surface area contributed by atoms with Crippen LogP contribution in [0.15, 0.2) is 47.1 Å². The lowest BCUT2D eigenvalue weighted by Gasteiger charge is -2.18. The number of rotatable bonds is 2. The van der Waals surface area contributed by atoms with Gasteiger partial charge < -0.3 is 4.90 Å². The van der Waals surface area contributed by atoms with E-state index in [1.807, 2.05) is 12.1 Å². The largest absolute Gasteiger partial charge is 0.327 e. The Bertz CT molecular complexity index is 485. The maximum atomic E-state index is 13.5.